The third kappa shape index (κ3) is 2.36. The molecule has 116 valence electrons. The fourth-order valence-corrected chi connectivity index (χ4v) is 2.96. The fourth-order valence-electron chi connectivity index (χ4n) is 2.96. The Labute approximate surface area is 129 Å². The van der Waals surface area contributed by atoms with E-state index in [0.717, 1.165) is 28.7 Å². The Morgan fingerprint density at radius 1 is 1.41 bits per heavy atom. The second-order valence-electron chi connectivity index (χ2n) is 6.57. The number of rotatable bonds is 2. The van der Waals surface area contributed by atoms with Crippen LogP contribution in [0.15, 0.2) is 24.7 Å². The van der Waals surface area contributed by atoms with Gasteiger partial charge in [-0.25, -0.2) is 4.79 Å². The van der Waals surface area contributed by atoms with E-state index in [-0.39, 0.29) is 17.5 Å². The maximum Gasteiger partial charge on any atom is 0.342 e. The Morgan fingerprint density at radius 3 is 2.91 bits per heavy atom. The summed E-state index contributed by atoms with van der Waals surface area (Å²) in [6.07, 6.45) is 5.17. The average Bonchev–Trinajstić information content (AvgIpc) is 2.76. The van der Waals surface area contributed by atoms with E-state index < -0.39 is 0 Å². The molecule has 22 heavy (non-hydrogen) atoms. The zero-order valence-electron chi connectivity index (χ0n) is 13.4. The quantitative estimate of drug-likeness (QED) is 0.837. The van der Waals surface area contributed by atoms with Crippen molar-refractivity contribution in [2.75, 3.05) is 6.54 Å². The Hall–Kier alpha value is -2.30. The first-order valence-electron chi connectivity index (χ1n) is 7.51. The molecule has 0 atom stereocenters. The van der Waals surface area contributed by atoms with Crippen LogP contribution in [0.4, 0.5) is 0 Å². The number of hydrogen-bond acceptors (Lipinski definition) is 4. The Morgan fingerprint density at radius 2 is 2.18 bits per heavy atom. The van der Waals surface area contributed by atoms with Crippen molar-refractivity contribution in [2.45, 2.75) is 39.2 Å². The SMILES string of the molecule is CC(C)OC(=O)C1=CNCC(C)(C)c2c1[nH]c1cnccc21. The third-order valence-corrected chi connectivity index (χ3v) is 3.90. The number of aromatic nitrogens is 2. The van der Waals surface area contributed by atoms with Crippen LogP contribution in [0.1, 0.15) is 39.0 Å². The molecule has 2 N–H and O–H groups in total. The molecule has 0 fully saturated rings. The minimum absolute atomic E-state index is 0.120. The smallest absolute Gasteiger partial charge is 0.342 e. The second kappa shape index (κ2) is 5.16. The Kier molecular flexibility index (Phi) is 3.43. The van der Waals surface area contributed by atoms with Crippen molar-refractivity contribution in [2.24, 2.45) is 0 Å². The van der Waals surface area contributed by atoms with Gasteiger partial charge < -0.3 is 15.0 Å². The molecular weight excluding hydrogens is 278 g/mol. The van der Waals surface area contributed by atoms with Gasteiger partial charge >= 0.3 is 5.97 Å². The molecule has 0 aliphatic carbocycles. The van der Waals surface area contributed by atoms with E-state index in [1.807, 2.05) is 19.9 Å². The normalized spacial score (nSPS) is 16.7. The summed E-state index contributed by atoms with van der Waals surface area (Å²) in [4.78, 5) is 20.0. The van der Waals surface area contributed by atoms with Crippen LogP contribution in [0.2, 0.25) is 0 Å². The van der Waals surface area contributed by atoms with Crippen LogP contribution in [0.5, 0.6) is 0 Å². The highest BCUT2D eigenvalue weighted by atomic mass is 16.5. The minimum atomic E-state index is -0.319. The van der Waals surface area contributed by atoms with Crippen LogP contribution in [0, 0.1) is 0 Å². The van der Waals surface area contributed by atoms with Crippen LogP contribution in [0.25, 0.3) is 16.5 Å². The minimum Gasteiger partial charge on any atom is -0.459 e. The molecule has 0 saturated carbocycles. The topological polar surface area (TPSA) is 67.0 Å². The van der Waals surface area contributed by atoms with Crippen LogP contribution in [-0.4, -0.2) is 28.6 Å². The number of carbonyl (C=O) groups excluding carboxylic acids is 1. The lowest BCUT2D eigenvalue weighted by Crippen LogP contribution is -2.29. The predicted octanol–water partition coefficient (Wildman–Crippen LogP) is 2.74. The van der Waals surface area contributed by atoms with Crippen LogP contribution < -0.4 is 5.32 Å². The van der Waals surface area contributed by atoms with Gasteiger partial charge in [0.1, 0.15) is 0 Å². The largest absolute Gasteiger partial charge is 0.459 e. The number of aromatic amines is 1. The Bertz CT molecular complexity index is 756. The monoisotopic (exact) mass is 299 g/mol. The lowest BCUT2D eigenvalue weighted by Gasteiger charge is -2.24. The summed E-state index contributed by atoms with van der Waals surface area (Å²) < 4.78 is 5.38. The van der Waals surface area contributed by atoms with Gasteiger partial charge in [-0.2, -0.15) is 0 Å². The van der Waals surface area contributed by atoms with Gasteiger partial charge in [0.2, 0.25) is 0 Å². The Balaban J connectivity index is 2.20. The second-order valence-corrected chi connectivity index (χ2v) is 6.57. The van der Waals surface area contributed by atoms with Gasteiger partial charge in [0.25, 0.3) is 0 Å². The van der Waals surface area contributed by atoms with E-state index in [1.54, 1.807) is 18.6 Å². The van der Waals surface area contributed by atoms with Gasteiger partial charge in [-0.15, -0.1) is 0 Å². The number of fused-ring (bicyclic) bond motifs is 3. The molecule has 3 rings (SSSR count). The molecule has 0 spiro atoms. The number of esters is 1. The molecule has 3 heterocycles. The number of carbonyl (C=O) groups is 1. The summed E-state index contributed by atoms with van der Waals surface area (Å²) in [5.41, 5.74) is 3.30. The third-order valence-electron chi connectivity index (χ3n) is 3.90. The highest BCUT2D eigenvalue weighted by Crippen LogP contribution is 2.38. The molecule has 0 aromatic carbocycles. The molecule has 1 aliphatic heterocycles. The van der Waals surface area contributed by atoms with Crippen molar-refractivity contribution in [1.82, 2.24) is 15.3 Å². The number of pyridine rings is 1. The number of nitrogens with one attached hydrogen (secondary N) is 2. The molecule has 2 aromatic rings. The molecule has 2 aromatic heterocycles. The highest BCUT2D eigenvalue weighted by Gasteiger charge is 2.33. The maximum absolute atomic E-state index is 12.4. The summed E-state index contributed by atoms with van der Waals surface area (Å²) in [5.74, 6) is -0.319. The number of hydrogen-bond donors (Lipinski definition) is 2. The summed E-state index contributed by atoms with van der Waals surface area (Å²) in [6, 6.07) is 1.99. The standard InChI is InChI=1S/C17H21N3O2/c1-10(2)22-16(21)12-7-19-9-17(3,4)14-11-5-6-18-8-13(11)20-15(12)14/h5-8,10,19-20H,9H2,1-4H3. The van der Waals surface area contributed by atoms with E-state index in [9.17, 15) is 4.79 Å². The van der Waals surface area contributed by atoms with Crippen molar-refractivity contribution >= 4 is 22.4 Å². The van der Waals surface area contributed by atoms with Crippen LogP contribution in [-0.2, 0) is 14.9 Å². The highest BCUT2D eigenvalue weighted by molar-refractivity contribution is 6.17. The summed E-state index contributed by atoms with van der Waals surface area (Å²) in [6.45, 7) is 8.77. The molecule has 0 bridgehead atoms. The molecule has 0 saturated heterocycles. The molecule has 0 unspecified atom stereocenters. The van der Waals surface area contributed by atoms with Gasteiger partial charge in [-0.05, 0) is 25.5 Å². The molecule has 0 radical (unpaired) electrons. The van der Waals surface area contributed by atoms with Crippen LogP contribution >= 0.6 is 0 Å². The van der Waals surface area contributed by atoms with Crippen molar-refractivity contribution in [3.63, 3.8) is 0 Å². The summed E-state index contributed by atoms with van der Waals surface area (Å²) >= 11 is 0. The van der Waals surface area contributed by atoms with E-state index >= 15 is 0 Å². The van der Waals surface area contributed by atoms with Gasteiger partial charge in [0, 0.05) is 29.7 Å². The summed E-state index contributed by atoms with van der Waals surface area (Å²) in [7, 11) is 0. The van der Waals surface area contributed by atoms with E-state index in [4.69, 9.17) is 4.74 Å². The van der Waals surface area contributed by atoms with E-state index in [0.29, 0.717) is 5.57 Å². The van der Waals surface area contributed by atoms with E-state index in [2.05, 4.69) is 29.1 Å². The van der Waals surface area contributed by atoms with Crippen molar-refractivity contribution in [3.05, 3.63) is 35.9 Å². The first kappa shape index (κ1) is 14.6. The summed E-state index contributed by atoms with van der Waals surface area (Å²) in [5, 5.41) is 4.34. The number of nitrogens with zero attached hydrogens (tertiary/aromatic N) is 1. The van der Waals surface area contributed by atoms with Gasteiger partial charge in [0.05, 0.1) is 29.1 Å². The van der Waals surface area contributed by atoms with E-state index in [1.165, 1.54) is 0 Å². The first-order chi connectivity index (χ1) is 10.4. The molecule has 1 aliphatic rings. The van der Waals surface area contributed by atoms with Gasteiger partial charge in [-0.3, -0.25) is 4.98 Å². The first-order valence-corrected chi connectivity index (χ1v) is 7.51. The van der Waals surface area contributed by atoms with Crippen molar-refractivity contribution in [1.29, 1.82) is 0 Å². The maximum atomic E-state index is 12.4. The fraction of sp³-hybridized carbons (Fsp3) is 0.412. The predicted molar refractivity (Wildman–Crippen MR) is 86.3 cm³/mol. The zero-order chi connectivity index (χ0) is 15.9. The van der Waals surface area contributed by atoms with Crippen LogP contribution in [0.3, 0.4) is 0 Å². The van der Waals surface area contributed by atoms with Crippen molar-refractivity contribution in [3.8, 4) is 0 Å². The molecule has 5 nitrogen and oxygen atoms in total. The molecule has 5 heteroatoms. The molecule has 0 amide bonds. The lowest BCUT2D eigenvalue weighted by atomic mass is 9.82. The number of ether oxygens (including phenoxy) is 1. The zero-order valence-corrected chi connectivity index (χ0v) is 13.4. The van der Waals surface area contributed by atoms with Gasteiger partial charge in [0.15, 0.2) is 0 Å². The van der Waals surface area contributed by atoms with Gasteiger partial charge in [-0.1, -0.05) is 13.8 Å². The lowest BCUT2D eigenvalue weighted by molar-refractivity contribution is -0.140. The average molecular weight is 299 g/mol. The number of H-pyrrole nitrogens is 1. The molecular formula is C17H21N3O2. The van der Waals surface area contributed by atoms with Crippen molar-refractivity contribution < 1.29 is 9.53 Å².